The van der Waals surface area contributed by atoms with Crippen molar-refractivity contribution >= 4 is 48.3 Å². The van der Waals surface area contributed by atoms with E-state index in [0.29, 0.717) is 22.4 Å². The summed E-state index contributed by atoms with van der Waals surface area (Å²) in [6.07, 6.45) is 0. The topological polar surface area (TPSA) is 92.8 Å². The van der Waals surface area contributed by atoms with Gasteiger partial charge in [0.25, 0.3) is 10.0 Å². The highest BCUT2D eigenvalue weighted by atomic mass is 127. The number of halogens is 1. The number of benzene rings is 2. The molecular formula is C17H21IN2O5S2. The zero-order valence-electron chi connectivity index (χ0n) is 15.1. The molecule has 0 saturated carbocycles. The van der Waals surface area contributed by atoms with Gasteiger partial charge in [0, 0.05) is 18.8 Å². The smallest absolute Gasteiger partial charge is 0.261 e. The number of nitrogens with one attached hydrogen (secondary N) is 1. The van der Waals surface area contributed by atoms with Gasteiger partial charge in [0.1, 0.15) is 5.75 Å². The minimum atomic E-state index is -3.81. The summed E-state index contributed by atoms with van der Waals surface area (Å²) in [6.45, 7) is 4.26. The fraction of sp³-hybridized carbons (Fsp3) is 0.294. The Morgan fingerprint density at radius 2 is 1.52 bits per heavy atom. The van der Waals surface area contributed by atoms with Gasteiger partial charge in [0.15, 0.2) is 0 Å². The summed E-state index contributed by atoms with van der Waals surface area (Å²) in [6, 6.07) is 10.2. The van der Waals surface area contributed by atoms with Crippen molar-refractivity contribution in [3.05, 3.63) is 46.0 Å². The molecule has 0 saturated heterocycles. The van der Waals surface area contributed by atoms with Crippen LogP contribution in [0.1, 0.15) is 13.8 Å². The van der Waals surface area contributed by atoms with E-state index >= 15 is 0 Å². The lowest BCUT2D eigenvalue weighted by Gasteiger charge is -2.18. The second-order valence-electron chi connectivity index (χ2n) is 5.52. The maximum atomic E-state index is 12.6. The quantitative estimate of drug-likeness (QED) is 0.536. The molecule has 0 fully saturated rings. The van der Waals surface area contributed by atoms with Crippen molar-refractivity contribution in [2.24, 2.45) is 0 Å². The van der Waals surface area contributed by atoms with Crippen LogP contribution in [0.2, 0.25) is 0 Å². The molecule has 0 aliphatic heterocycles. The first-order valence-electron chi connectivity index (χ1n) is 8.12. The van der Waals surface area contributed by atoms with Crippen LogP contribution in [0, 0.1) is 3.57 Å². The average Bonchev–Trinajstić information content (AvgIpc) is 2.62. The number of anilines is 1. The number of rotatable bonds is 8. The molecule has 7 nitrogen and oxygen atoms in total. The maximum absolute atomic E-state index is 12.6. The van der Waals surface area contributed by atoms with E-state index in [2.05, 4.69) is 4.72 Å². The molecule has 0 bridgehead atoms. The van der Waals surface area contributed by atoms with Gasteiger partial charge in [-0.1, -0.05) is 13.8 Å². The molecule has 0 aliphatic rings. The number of hydrogen-bond donors (Lipinski definition) is 1. The highest BCUT2D eigenvalue weighted by Gasteiger charge is 2.22. The minimum Gasteiger partial charge on any atom is -0.496 e. The number of ether oxygens (including phenoxy) is 1. The van der Waals surface area contributed by atoms with Crippen LogP contribution in [0.15, 0.2) is 52.3 Å². The monoisotopic (exact) mass is 524 g/mol. The van der Waals surface area contributed by atoms with Crippen molar-refractivity contribution in [3.8, 4) is 5.75 Å². The molecule has 0 unspecified atom stereocenters. The summed E-state index contributed by atoms with van der Waals surface area (Å²) < 4.78 is 59.7. The highest BCUT2D eigenvalue weighted by molar-refractivity contribution is 14.1. The molecule has 2 aromatic carbocycles. The van der Waals surface area contributed by atoms with Gasteiger partial charge in [-0.3, -0.25) is 4.72 Å². The zero-order valence-corrected chi connectivity index (χ0v) is 18.9. The van der Waals surface area contributed by atoms with E-state index in [1.807, 2.05) is 22.6 Å². The largest absolute Gasteiger partial charge is 0.496 e. The van der Waals surface area contributed by atoms with Crippen LogP contribution in [0.3, 0.4) is 0 Å². The lowest BCUT2D eigenvalue weighted by atomic mass is 10.3. The van der Waals surface area contributed by atoms with E-state index in [-0.39, 0.29) is 15.5 Å². The third kappa shape index (κ3) is 4.92. The molecule has 0 amide bonds. The molecule has 1 N–H and O–H groups in total. The third-order valence-electron chi connectivity index (χ3n) is 3.88. The Morgan fingerprint density at radius 1 is 0.963 bits per heavy atom. The summed E-state index contributed by atoms with van der Waals surface area (Å²) in [7, 11) is -5.88. The molecule has 27 heavy (non-hydrogen) atoms. The predicted octanol–water partition coefficient (Wildman–Crippen LogP) is 3.13. The molecule has 2 aromatic rings. The molecule has 0 spiro atoms. The molecule has 0 atom stereocenters. The second kappa shape index (κ2) is 8.76. The SMILES string of the molecule is CCN(CC)S(=O)(=O)c1ccc(NS(=O)(=O)c2ccc(OC)c(I)c2)cc1. The van der Waals surface area contributed by atoms with E-state index < -0.39 is 20.0 Å². The van der Waals surface area contributed by atoms with E-state index in [0.717, 1.165) is 0 Å². The first-order valence-corrected chi connectivity index (χ1v) is 12.1. The van der Waals surface area contributed by atoms with Gasteiger partial charge < -0.3 is 4.74 Å². The van der Waals surface area contributed by atoms with Gasteiger partial charge >= 0.3 is 0 Å². The Labute approximate surface area is 174 Å². The van der Waals surface area contributed by atoms with E-state index in [1.54, 1.807) is 19.9 Å². The number of nitrogens with zero attached hydrogens (tertiary/aromatic N) is 1. The second-order valence-corrected chi connectivity index (χ2v) is 10.3. The predicted molar refractivity (Wildman–Crippen MR) is 113 cm³/mol. The van der Waals surface area contributed by atoms with Crippen molar-refractivity contribution < 1.29 is 21.6 Å². The lowest BCUT2D eigenvalue weighted by molar-refractivity contribution is 0.411. The van der Waals surface area contributed by atoms with Crippen LogP contribution < -0.4 is 9.46 Å². The molecular weight excluding hydrogens is 503 g/mol. The number of hydrogen-bond acceptors (Lipinski definition) is 5. The highest BCUT2D eigenvalue weighted by Crippen LogP contribution is 2.26. The van der Waals surface area contributed by atoms with E-state index in [1.165, 1.54) is 47.8 Å². The van der Waals surface area contributed by atoms with Gasteiger partial charge in [-0.05, 0) is 65.1 Å². The Kier molecular flexibility index (Phi) is 7.11. The van der Waals surface area contributed by atoms with Gasteiger partial charge in [-0.2, -0.15) is 4.31 Å². The van der Waals surface area contributed by atoms with Crippen LogP contribution in [0.25, 0.3) is 0 Å². The number of methoxy groups -OCH3 is 1. The summed E-state index contributed by atoms with van der Waals surface area (Å²) in [5.74, 6) is 0.584. The minimum absolute atomic E-state index is 0.0903. The van der Waals surface area contributed by atoms with Crippen LogP contribution in [-0.2, 0) is 20.0 Å². The fourth-order valence-electron chi connectivity index (χ4n) is 2.44. The Balaban J connectivity index is 2.27. The normalized spacial score (nSPS) is 12.2. The Morgan fingerprint density at radius 3 is 2.00 bits per heavy atom. The molecule has 0 heterocycles. The van der Waals surface area contributed by atoms with Crippen molar-refractivity contribution in [2.75, 3.05) is 24.9 Å². The van der Waals surface area contributed by atoms with Gasteiger partial charge in [0.05, 0.1) is 20.5 Å². The molecule has 2 rings (SSSR count). The molecule has 0 aliphatic carbocycles. The molecule has 148 valence electrons. The molecule has 0 radical (unpaired) electrons. The standard InChI is InChI=1S/C17H21IN2O5S2/c1-4-20(5-2)27(23,24)14-8-6-13(7-9-14)19-26(21,22)15-10-11-17(25-3)16(18)12-15/h6-12,19H,4-5H2,1-3H3. The van der Waals surface area contributed by atoms with E-state index in [4.69, 9.17) is 4.74 Å². The molecule has 10 heteroatoms. The zero-order chi connectivity index (χ0) is 20.2. The van der Waals surface area contributed by atoms with Crippen molar-refractivity contribution in [1.82, 2.24) is 4.31 Å². The first-order chi connectivity index (χ1) is 12.7. The van der Waals surface area contributed by atoms with E-state index in [9.17, 15) is 16.8 Å². The average molecular weight is 524 g/mol. The third-order valence-corrected chi connectivity index (χ3v) is 8.17. The Hall–Kier alpha value is -1.37. The lowest BCUT2D eigenvalue weighted by Crippen LogP contribution is -2.30. The summed E-state index contributed by atoms with van der Waals surface area (Å²) in [4.78, 5) is 0.209. The maximum Gasteiger partial charge on any atom is 0.261 e. The van der Waals surface area contributed by atoms with Crippen molar-refractivity contribution in [3.63, 3.8) is 0 Å². The van der Waals surface area contributed by atoms with Gasteiger partial charge in [-0.15, -0.1) is 0 Å². The first kappa shape index (κ1) is 21.9. The van der Waals surface area contributed by atoms with Crippen molar-refractivity contribution in [2.45, 2.75) is 23.6 Å². The van der Waals surface area contributed by atoms with Crippen LogP contribution in [0.5, 0.6) is 5.75 Å². The number of sulfonamides is 2. The summed E-state index contributed by atoms with van der Waals surface area (Å²) in [5.41, 5.74) is 0.277. The van der Waals surface area contributed by atoms with Crippen LogP contribution in [0.4, 0.5) is 5.69 Å². The molecule has 0 aromatic heterocycles. The Bertz CT molecular complexity index is 1000. The van der Waals surface area contributed by atoms with Crippen LogP contribution >= 0.6 is 22.6 Å². The summed E-state index contributed by atoms with van der Waals surface area (Å²) >= 11 is 1.99. The van der Waals surface area contributed by atoms with Crippen molar-refractivity contribution in [1.29, 1.82) is 0 Å². The van der Waals surface area contributed by atoms with Gasteiger partial charge in [-0.25, -0.2) is 16.8 Å². The summed E-state index contributed by atoms with van der Waals surface area (Å²) in [5, 5.41) is 0. The fourth-order valence-corrected chi connectivity index (χ4v) is 5.93. The van der Waals surface area contributed by atoms with Gasteiger partial charge in [0.2, 0.25) is 10.0 Å². The van der Waals surface area contributed by atoms with Crippen LogP contribution in [-0.4, -0.2) is 41.3 Å².